The van der Waals surface area contributed by atoms with Crippen molar-refractivity contribution in [3.8, 4) is 11.3 Å². The van der Waals surface area contributed by atoms with Gasteiger partial charge in [0.05, 0.1) is 17.0 Å². The summed E-state index contributed by atoms with van der Waals surface area (Å²) in [5, 5.41) is 0.635. The molecule has 1 heterocycles. The van der Waals surface area contributed by atoms with Gasteiger partial charge in [-0.3, -0.25) is 4.79 Å². The summed E-state index contributed by atoms with van der Waals surface area (Å²) < 4.78 is 0. The molecule has 0 bridgehead atoms. The normalized spacial score (nSPS) is 10.3. The summed E-state index contributed by atoms with van der Waals surface area (Å²) in [4.78, 5) is 17.7. The molecule has 0 atom stereocenters. The third-order valence-corrected chi connectivity index (χ3v) is 2.65. The monoisotopic (exact) mass is 220 g/mol. The highest BCUT2D eigenvalue weighted by molar-refractivity contribution is 6.34. The van der Waals surface area contributed by atoms with Crippen molar-refractivity contribution in [3.63, 3.8) is 0 Å². The van der Waals surface area contributed by atoms with Gasteiger partial charge < -0.3 is 4.98 Å². The summed E-state index contributed by atoms with van der Waals surface area (Å²) in [6.07, 6.45) is 1.37. The molecule has 0 saturated carbocycles. The number of H-pyrrole nitrogens is 1. The highest BCUT2D eigenvalue weighted by Crippen LogP contribution is 2.27. The van der Waals surface area contributed by atoms with Crippen LogP contribution in [0.25, 0.3) is 11.3 Å². The summed E-state index contributed by atoms with van der Waals surface area (Å²) in [7, 11) is 0. The molecule has 0 aliphatic rings. The predicted molar refractivity (Wildman–Crippen MR) is 60.0 cm³/mol. The SMILES string of the molecule is Cc1cccc(-c2cc(=O)[nH]cn2)c1Cl. The van der Waals surface area contributed by atoms with Crippen LogP contribution in [0.5, 0.6) is 0 Å². The summed E-state index contributed by atoms with van der Waals surface area (Å²) in [6.45, 7) is 1.92. The highest BCUT2D eigenvalue weighted by Gasteiger charge is 2.06. The van der Waals surface area contributed by atoms with E-state index in [1.807, 2.05) is 25.1 Å². The van der Waals surface area contributed by atoms with Crippen molar-refractivity contribution in [1.29, 1.82) is 0 Å². The van der Waals surface area contributed by atoms with Gasteiger partial charge in [-0.2, -0.15) is 0 Å². The Labute approximate surface area is 91.8 Å². The zero-order valence-electron chi connectivity index (χ0n) is 8.12. The van der Waals surface area contributed by atoms with Crippen LogP contribution in [0.2, 0.25) is 5.02 Å². The molecule has 3 nitrogen and oxygen atoms in total. The van der Waals surface area contributed by atoms with Crippen LogP contribution in [0.1, 0.15) is 5.56 Å². The second-order valence-corrected chi connectivity index (χ2v) is 3.61. The van der Waals surface area contributed by atoms with E-state index >= 15 is 0 Å². The van der Waals surface area contributed by atoms with E-state index in [4.69, 9.17) is 11.6 Å². The van der Waals surface area contributed by atoms with Crippen LogP contribution in [0.3, 0.4) is 0 Å². The van der Waals surface area contributed by atoms with Crippen molar-refractivity contribution < 1.29 is 0 Å². The number of aromatic nitrogens is 2. The molecule has 0 fully saturated rings. The first-order valence-corrected chi connectivity index (χ1v) is 4.86. The van der Waals surface area contributed by atoms with Gasteiger partial charge in [0, 0.05) is 11.6 Å². The van der Waals surface area contributed by atoms with Gasteiger partial charge in [0.2, 0.25) is 0 Å². The number of hydrogen-bond donors (Lipinski definition) is 1. The molecule has 2 rings (SSSR count). The van der Waals surface area contributed by atoms with Gasteiger partial charge in [0.25, 0.3) is 5.56 Å². The fourth-order valence-corrected chi connectivity index (χ4v) is 1.58. The number of halogens is 1. The van der Waals surface area contributed by atoms with Crippen molar-refractivity contribution in [2.75, 3.05) is 0 Å². The molecule has 0 saturated heterocycles. The Morgan fingerprint density at radius 2 is 2.20 bits per heavy atom. The van der Waals surface area contributed by atoms with Crippen molar-refractivity contribution in [2.24, 2.45) is 0 Å². The van der Waals surface area contributed by atoms with Crippen LogP contribution in [0.4, 0.5) is 0 Å². The molecule has 4 heteroatoms. The van der Waals surface area contributed by atoms with Crippen LogP contribution < -0.4 is 5.56 Å². The zero-order valence-corrected chi connectivity index (χ0v) is 8.88. The molecule has 0 aliphatic heterocycles. The minimum atomic E-state index is -0.183. The predicted octanol–water partition coefficient (Wildman–Crippen LogP) is 2.40. The van der Waals surface area contributed by atoms with E-state index in [9.17, 15) is 4.79 Å². The lowest BCUT2D eigenvalue weighted by Gasteiger charge is -2.04. The largest absolute Gasteiger partial charge is 0.313 e. The van der Waals surface area contributed by atoms with Gasteiger partial charge >= 0.3 is 0 Å². The Morgan fingerprint density at radius 3 is 2.93 bits per heavy atom. The fourth-order valence-electron chi connectivity index (χ4n) is 1.36. The summed E-state index contributed by atoms with van der Waals surface area (Å²) in [5.74, 6) is 0. The van der Waals surface area contributed by atoms with E-state index in [0.29, 0.717) is 10.7 Å². The smallest absolute Gasteiger partial charge is 0.251 e. The Hall–Kier alpha value is -1.61. The average Bonchev–Trinajstić information content (AvgIpc) is 2.22. The number of aromatic amines is 1. The van der Waals surface area contributed by atoms with Gasteiger partial charge in [-0.15, -0.1) is 0 Å². The molecule has 0 unspecified atom stereocenters. The van der Waals surface area contributed by atoms with Crippen molar-refractivity contribution in [1.82, 2.24) is 9.97 Å². The third kappa shape index (κ3) is 1.92. The minimum absolute atomic E-state index is 0.183. The van der Waals surface area contributed by atoms with E-state index in [2.05, 4.69) is 9.97 Å². The van der Waals surface area contributed by atoms with Crippen molar-refractivity contribution >= 4 is 11.6 Å². The van der Waals surface area contributed by atoms with Crippen LogP contribution in [-0.2, 0) is 0 Å². The zero-order chi connectivity index (χ0) is 10.8. The van der Waals surface area contributed by atoms with Gasteiger partial charge in [0.15, 0.2) is 0 Å². The summed E-state index contributed by atoms with van der Waals surface area (Å²) >= 11 is 6.13. The summed E-state index contributed by atoms with van der Waals surface area (Å²) in [5.41, 5.74) is 2.16. The Morgan fingerprint density at radius 1 is 1.40 bits per heavy atom. The molecule has 1 aromatic heterocycles. The lowest BCUT2D eigenvalue weighted by molar-refractivity contribution is 1.12. The maximum atomic E-state index is 11.1. The molecular formula is C11H9ClN2O. The molecule has 0 radical (unpaired) electrons. The van der Waals surface area contributed by atoms with Crippen molar-refractivity contribution in [2.45, 2.75) is 6.92 Å². The molecule has 76 valence electrons. The van der Waals surface area contributed by atoms with E-state index in [1.165, 1.54) is 12.4 Å². The standard InChI is InChI=1S/C11H9ClN2O/c1-7-3-2-4-8(11(7)12)9-5-10(15)14-6-13-9/h2-6H,1H3,(H,13,14,15). The lowest BCUT2D eigenvalue weighted by atomic mass is 10.1. The number of nitrogens with zero attached hydrogens (tertiary/aromatic N) is 1. The molecule has 15 heavy (non-hydrogen) atoms. The van der Waals surface area contributed by atoms with Crippen LogP contribution in [0, 0.1) is 6.92 Å². The van der Waals surface area contributed by atoms with E-state index in [0.717, 1.165) is 11.1 Å². The second kappa shape index (κ2) is 3.87. The van der Waals surface area contributed by atoms with Crippen LogP contribution >= 0.6 is 11.6 Å². The Bertz CT molecular complexity index is 548. The number of rotatable bonds is 1. The first-order valence-electron chi connectivity index (χ1n) is 4.48. The third-order valence-electron chi connectivity index (χ3n) is 2.15. The Balaban J connectivity index is 2.64. The van der Waals surface area contributed by atoms with Gasteiger partial charge in [-0.25, -0.2) is 4.98 Å². The van der Waals surface area contributed by atoms with Crippen LogP contribution in [-0.4, -0.2) is 9.97 Å². The number of aryl methyl sites for hydroxylation is 1. The molecule has 2 aromatic rings. The first kappa shape index (κ1) is 9.93. The molecular weight excluding hydrogens is 212 g/mol. The number of hydrogen-bond acceptors (Lipinski definition) is 2. The number of nitrogens with one attached hydrogen (secondary N) is 1. The fraction of sp³-hybridized carbons (Fsp3) is 0.0909. The topological polar surface area (TPSA) is 45.8 Å². The Kier molecular flexibility index (Phi) is 2.56. The van der Waals surface area contributed by atoms with Gasteiger partial charge in [-0.1, -0.05) is 29.8 Å². The van der Waals surface area contributed by atoms with Crippen molar-refractivity contribution in [3.05, 3.63) is 51.5 Å². The molecule has 0 aliphatic carbocycles. The molecule has 1 aromatic carbocycles. The van der Waals surface area contributed by atoms with Gasteiger partial charge in [-0.05, 0) is 12.5 Å². The number of benzene rings is 1. The molecule has 1 N–H and O–H groups in total. The van der Waals surface area contributed by atoms with E-state index in [-0.39, 0.29) is 5.56 Å². The molecule has 0 spiro atoms. The minimum Gasteiger partial charge on any atom is -0.313 e. The van der Waals surface area contributed by atoms with E-state index in [1.54, 1.807) is 0 Å². The first-order chi connectivity index (χ1) is 7.18. The molecule has 0 amide bonds. The second-order valence-electron chi connectivity index (χ2n) is 3.23. The van der Waals surface area contributed by atoms with Crippen LogP contribution in [0.15, 0.2) is 35.4 Å². The maximum Gasteiger partial charge on any atom is 0.251 e. The summed E-state index contributed by atoms with van der Waals surface area (Å²) in [6, 6.07) is 7.08. The highest BCUT2D eigenvalue weighted by atomic mass is 35.5. The quantitative estimate of drug-likeness (QED) is 0.802. The average molecular weight is 221 g/mol. The van der Waals surface area contributed by atoms with E-state index < -0.39 is 0 Å². The lowest BCUT2D eigenvalue weighted by Crippen LogP contribution is -2.04. The van der Waals surface area contributed by atoms with Gasteiger partial charge in [0.1, 0.15) is 0 Å². The maximum absolute atomic E-state index is 11.1.